The Labute approximate surface area is 119 Å². The van der Waals surface area contributed by atoms with E-state index in [0.717, 1.165) is 25.9 Å². The van der Waals surface area contributed by atoms with Crippen molar-refractivity contribution in [2.45, 2.75) is 64.3 Å². The molecule has 110 valence electrons. The van der Waals surface area contributed by atoms with E-state index in [1.165, 1.54) is 32.1 Å². The molecule has 19 heavy (non-hydrogen) atoms. The summed E-state index contributed by atoms with van der Waals surface area (Å²) >= 11 is 0. The van der Waals surface area contributed by atoms with Crippen LogP contribution in [0.1, 0.15) is 58.8 Å². The largest absolute Gasteiger partial charge is 0.315 e. The molecule has 0 aromatic rings. The smallest absolute Gasteiger partial charge is 0.0683 e. The molecule has 1 rings (SSSR count). The van der Waals surface area contributed by atoms with Crippen molar-refractivity contribution in [2.75, 3.05) is 27.2 Å². The summed E-state index contributed by atoms with van der Waals surface area (Å²) in [6.07, 6.45) is 8.72. The second-order valence-corrected chi connectivity index (χ2v) is 6.96. The fourth-order valence-electron chi connectivity index (χ4n) is 3.01. The third-order valence-electron chi connectivity index (χ3n) is 4.65. The van der Waals surface area contributed by atoms with Crippen molar-refractivity contribution in [2.24, 2.45) is 5.41 Å². The molecule has 0 saturated heterocycles. The molecule has 3 nitrogen and oxygen atoms in total. The number of nitrogens with one attached hydrogen (secondary N) is 1. The molecule has 0 amide bonds. The first-order chi connectivity index (χ1) is 8.92. The summed E-state index contributed by atoms with van der Waals surface area (Å²) < 4.78 is 0. The normalized spacial score (nSPS) is 18.7. The van der Waals surface area contributed by atoms with E-state index in [1.807, 2.05) is 13.8 Å². The van der Waals surface area contributed by atoms with E-state index in [4.69, 9.17) is 5.26 Å². The minimum Gasteiger partial charge on any atom is -0.315 e. The van der Waals surface area contributed by atoms with Crippen molar-refractivity contribution in [3.8, 4) is 6.07 Å². The lowest BCUT2D eigenvalue weighted by Gasteiger charge is -2.36. The Bertz CT molecular complexity index is 296. The van der Waals surface area contributed by atoms with Gasteiger partial charge in [-0.05, 0) is 60.2 Å². The lowest BCUT2D eigenvalue weighted by atomic mass is 9.89. The van der Waals surface area contributed by atoms with Gasteiger partial charge in [0.1, 0.15) is 0 Å². The van der Waals surface area contributed by atoms with Crippen molar-refractivity contribution in [3.05, 3.63) is 0 Å². The predicted octanol–water partition coefficient (Wildman–Crippen LogP) is 3.17. The highest BCUT2D eigenvalue weighted by Gasteiger charge is 2.35. The van der Waals surface area contributed by atoms with Crippen molar-refractivity contribution < 1.29 is 0 Å². The van der Waals surface area contributed by atoms with Crippen LogP contribution < -0.4 is 5.32 Å². The fraction of sp³-hybridized carbons (Fsp3) is 0.938. The van der Waals surface area contributed by atoms with E-state index in [1.54, 1.807) is 0 Å². The number of hydrogen-bond donors (Lipinski definition) is 1. The van der Waals surface area contributed by atoms with Gasteiger partial charge in [-0.2, -0.15) is 5.26 Å². The lowest BCUT2D eigenvalue weighted by molar-refractivity contribution is 0.154. The molecule has 0 heterocycles. The minimum absolute atomic E-state index is 0.156. The SMILES string of the molecule is CN(C)C1(CNCCCCC(C)(C)C#N)CCCC1. The van der Waals surface area contributed by atoms with E-state index >= 15 is 0 Å². The molecule has 0 radical (unpaired) electrons. The highest BCUT2D eigenvalue weighted by atomic mass is 15.2. The second kappa shape index (κ2) is 7.26. The first-order valence-corrected chi connectivity index (χ1v) is 7.71. The van der Waals surface area contributed by atoms with Gasteiger partial charge >= 0.3 is 0 Å². The molecular formula is C16H31N3. The zero-order chi connectivity index (χ0) is 14.4. The summed E-state index contributed by atoms with van der Waals surface area (Å²) in [7, 11) is 4.42. The first-order valence-electron chi connectivity index (χ1n) is 7.71. The fourth-order valence-corrected chi connectivity index (χ4v) is 3.01. The number of hydrogen-bond acceptors (Lipinski definition) is 3. The van der Waals surface area contributed by atoms with Crippen LogP contribution in [0.3, 0.4) is 0 Å². The highest BCUT2D eigenvalue weighted by Crippen LogP contribution is 2.33. The molecule has 1 N–H and O–H groups in total. The summed E-state index contributed by atoms with van der Waals surface area (Å²) in [5, 5.41) is 12.6. The molecule has 1 aliphatic rings. The third kappa shape index (κ3) is 5.12. The molecule has 0 spiro atoms. The maximum absolute atomic E-state index is 8.96. The Hall–Kier alpha value is -0.590. The van der Waals surface area contributed by atoms with Gasteiger partial charge in [-0.3, -0.25) is 0 Å². The predicted molar refractivity (Wildman–Crippen MR) is 81.0 cm³/mol. The number of nitrogens with zero attached hydrogens (tertiary/aromatic N) is 2. The molecule has 0 aromatic carbocycles. The first kappa shape index (κ1) is 16.5. The Kier molecular flexibility index (Phi) is 6.29. The standard InChI is InChI=1S/C16H31N3/c1-15(2,13-17)9-7-8-12-18-14-16(19(3)4)10-5-6-11-16/h18H,5-12,14H2,1-4H3. The zero-order valence-electron chi connectivity index (χ0n) is 13.3. The Morgan fingerprint density at radius 1 is 1.21 bits per heavy atom. The Balaban J connectivity index is 2.15. The van der Waals surface area contributed by atoms with Crippen LogP contribution in [0.15, 0.2) is 0 Å². The molecule has 1 aliphatic carbocycles. The quantitative estimate of drug-likeness (QED) is 0.685. The van der Waals surface area contributed by atoms with Crippen molar-refractivity contribution in [1.29, 1.82) is 5.26 Å². The Morgan fingerprint density at radius 3 is 2.37 bits per heavy atom. The van der Waals surface area contributed by atoms with Gasteiger partial charge in [-0.15, -0.1) is 0 Å². The molecule has 3 heteroatoms. The van der Waals surface area contributed by atoms with Crippen LogP contribution in [0.5, 0.6) is 0 Å². The monoisotopic (exact) mass is 265 g/mol. The van der Waals surface area contributed by atoms with Gasteiger partial charge in [0.05, 0.1) is 11.5 Å². The average Bonchev–Trinajstić information content (AvgIpc) is 2.83. The van der Waals surface area contributed by atoms with Gasteiger partial charge in [-0.25, -0.2) is 0 Å². The number of unbranched alkanes of at least 4 members (excludes halogenated alkanes) is 1. The van der Waals surface area contributed by atoms with Crippen molar-refractivity contribution in [3.63, 3.8) is 0 Å². The summed E-state index contributed by atoms with van der Waals surface area (Å²) in [4.78, 5) is 2.41. The van der Waals surface area contributed by atoms with Crippen LogP contribution in [-0.2, 0) is 0 Å². The molecule has 0 aromatic heterocycles. The topological polar surface area (TPSA) is 39.1 Å². The van der Waals surface area contributed by atoms with E-state index in [-0.39, 0.29) is 5.41 Å². The molecule has 0 bridgehead atoms. The molecule has 1 fully saturated rings. The molecule has 1 saturated carbocycles. The molecule has 0 aliphatic heterocycles. The van der Waals surface area contributed by atoms with Crippen LogP contribution in [0.4, 0.5) is 0 Å². The molecule has 0 atom stereocenters. The summed E-state index contributed by atoms with van der Waals surface area (Å²) in [5.74, 6) is 0. The minimum atomic E-state index is -0.156. The van der Waals surface area contributed by atoms with Crippen LogP contribution in [0.25, 0.3) is 0 Å². The average molecular weight is 265 g/mol. The second-order valence-electron chi connectivity index (χ2n) is 6.96. The van der Waals surface area contributed by atoms with Gasteiger partial charge < -0.3 is 10.2 Å². The maximum atomic E-state index is 8.96. The molecule has 0 unspecified atom stereocenters. The van der Waals surface area contributed by atoms with E-state index < -0.39 is 0 Å². The number of likely N-dealkylation sites (N-methyl/N-ethyl adjacent to an activating group) is 1. The number of nitriles is 1. The zero-order valence-corrected chi connectivity index (χ0v) is 13.3. The number of rotatable bonds is 8. The summed E-state index contributed by atoms with van der Waals surface area (Å²) in [5.41, 5.74) is 0.238. The van der Waals surface area contributed by atoms with Crippen LogP contribution >= 0.6 is 0 Å². The maximum Gasteiger partial charge on any atom is 0.0683 e. The van der Waals surface area contributed by atoms with E-state index in [9.17, 15) is 0 Å². The molecular weight excluding hydrogens is 234 g/mol. The van der Waals surface area contributed by atoms with Gasteiger partial charge in [0.25, 0.3) is 0 Å². The highest BCUT2D eigenvalue weighted by molar-refractivity contribution is 4.94. The van der Waals surface area contributed by atoms with Gasteiger partial charge in [0, 0.05) is 12.1 Å². The van der Waals surface area contributed by atoms with Gasteiger partial charge in [0.2, 0.25) is 0 Å². The van der Waals surface area contributed by atoms with Crippen molar-refractivity contribution >= 4 is 0 Å². The van der Waals surface area contributed by atoms with Crippen LogP contribution in [-0.4, -0.2) is 37.6 Å². The van der Waals surface area contributed by atoms with E-state index in [0.29, 0.717) is 5.54 Å². The third-order valence-corrected chi connectivity index (χ3v) is 4.65. The summed E-state index contributed by atoms with van der Waals surface area (Å²) in [6, 6.07) is 2.37. The van der Waals surface area contributed by atoms with Gasteiger partial charge in [0.15, 0.2) is 0 Å². The van der Waals surface area contributed by atoms with Gasteiger partial charge in [-0.1, -0.05) is 19.3 Å². The lowest BCUT2D eigenvalue weighted by Crippen LogP contribution is -2.49. The van der Waals surface area contributed by atoms with Crippen molar-refractivity contribution in [1.82, 2.24) is 10.2 Å². The van der Waals surface area contributed by atoms with Crippen LogP contribution in [0.2, 0.25) is 0 Å². The summed E-state index contributed by atoms with van der Waals surface area (Å²) in [6.45, 7) is 6.25. The van der Waals surface area contributed by atoms with E-state index in [2.05, 4.69) is 30.4 Å². The van der Waals surface area contributed by atoms with Crippen LogP contribution in [0, 0.1) is 16.7 Å². The Morgan fingerprint density at radius 2 is 1.84 bits per heavy atom.